The summed E-state index contributed by atoms with van der Waals surface area (Å²) >= 11 is 0. The van der Waals surface area contributed by atoms with Gasteiger partial charge in [-0.3, -0.25) is 11.3 Å². The molecule has 17 heavy (non-hydrogen) atoms. The molecule has 90 valence electrons. The Morgan fingerprint density at radius 3 is 2.82 bits per heavy atom. The van der Waals surface area contributed by atoms with Gasteiger partial charge in [-0.2, -0.15) is 0 Å². The van der Waals surface area contributed by atoms with Crippen LogP contribution < -0.4 is 11.3 Å². The fraction of sp³-hybridized carbons (Fsp3) is 0.364. The van der Waals surface area contributed by atoms with Gasteiger partial charge in [0.25, 0.3) is 0 Å². The van der Waals surface area contributed by atoms with Gasteiger partial charge in [0.2, 0.25) is 0 Å². The highest BCUT2D eigenvalue weighted by atomic mass is 15.2. The average molecular weight is 232 g/mol. The van der Waals surface area contributed by atoms with Gasteiger partial charge in [0.15, 0.2) is 0 Å². The molecule has 6 nitrogen and oxygen atoms in total. The van der Waals surface area contributed by atoms with Crippen LogP contribution in [0.1, 0.15) is 24.4 Å². The Morgan fingerprint density at radius 2 is 2.18 bits per heavy atom. The standard InChI is InChI=1S/C11H16N6/c1-2-17-4-3-15-11(17)5-10(16-12)9-6-13-8-14-7-9/h3-4,6-8,10,16H,2,5,12H2,1H3. The first-order valence-corrected chi connectivity index (χ1v) is 5.56. The van der Waals surface area contributed by atoms with Gasteiger partial charge >= 0.3 is 0 Å². The number of aromatic nitrogens is 4. The number of aryl methyl sites for hydroxylation is 1. The summed E-state index contributed by atoms with van der Waals surface area (Å²) in [7, 11) is 0. The van der Waals surface area contributed by atoms with E-state index >= 15 is 0 Å². The summed E-state index contributed by atoms with van der Waals surface area (Å²) in [4.78, 5) is 12.3. The lowest BCUT2D eigenvalue weighted by atomic mass is 10.1. The fourth-order valence-electron chi connectivity index (χ4n) is 1.76. The molecule has 0 amide bonds. The Labute approximate surface area is 99.9 Å². The van der Waals surface area contributed by atoms with E-state index in [1.165, 1.54) is 6.33 Å². The molecule has 0 saturated heterocycles. The molecule has 2 aromatic heterocycles. The highest BCUT2D eigenvalue weighted by Gasteiger charge is 2.13. The van der Waals surface area contributed by atoms with Crippen LogP contribution in [0.2, 0.25) is 0 Å². The summed E-state index contributed by atoms with van der Waals surface area (Å²) < 4.78 is 2.09. The van der Waals surface area contributed by atoms with Crippen molar-refractivity contribution in [2.24, 2.45) is 5.84 Å². The van der Waals surface area contributed by atoms with Crippen molar-refractivity contribution in [2.75, 3.05) is 0 Å². The smallest absolute Gasteiger partial charge is 0.115 e. The molecule has 6 heteroatoms. The van der Waals surface area contributed by atoms with Crippen molar-refractivity contribution in [3.05, 3.63) is 42.5 Å². The van der Waals surface area contributed by atoms with Gasteiger partial charge in [-0.05, 0) is 6.92 Å². The van der Waals surface area contributed by atoms with Gasteiger partial charge in [-0.15, -0.1) is 0 Å². The van der Waals surface area contributed by atoms with Crippen molar-refractivity contribution in [1.29, 1.82) is 0 Å². The van der Waals surface area contributed by atoms with Gasteiger partial charge in [-0.1, -0.05) is 0 Å². The highest BCUT2D eigenvalue weighted by molar-refractivity contribution is 5.11. The first-order chi connectivity index (χ1) is 8.35. The topological polar surface area (TPSA) is 81.7 Å². The number of nitrogens with one attached hydrogen (secondary N) is 1. The Morgan fingerprint density at radius 1 is 1.41 bits per heavy atom. The summed E-state index contributed by atoms with van der Waals surface area (Å²) in [6.07, 6.45) is 9.50. The zero-order valence-corrected chi connectivity index (χ0v) is 9.74. The van der Waals surface area contributed by atoms with Crippen LogP contribution in [-0.2, 0) is 13.0 Å². The molecule has 0 spiro atoms. The predicted molar refractivity (Wildman–Crippen MR) is 63.7 cm³/mol. The van der Waals surface area contributed by atoms with Crippen LogP contribution in [0.4, 0.5) is 0 Å². The maximum Gasteiger partial charge on any atom is 0.115 e. The Hall–Kier alpha value is -1.79. The van der Waals surface area contributed by atoms with Crippen molar-refractivity contribution in [2.45, 2.75) is 25.9 Å². The minimum atomic E-state index is -0.0242. The number of imidazole rings is 1. The zero-order chi connectivity index (χ0) is 12.1. The number of hydrogen-bond donors (Lipinski definition) is 2. The SMILES string of the molecule is CCn1ccnc1CC(NN)c1cncnc1. The molecule has 0 bridgehead atoms. The molecule has 0 aliphatic rings. The molecule has 0 aliphatic carbocycles. The molecule has 2 aromatic rings. The normalized spacial score (nSPS) is 12.6. The van der Waals surface area contributed by atoms with E-state index in [4.69, 9.17) is 5.84 Å². The molecule has 0 radical (unpaired) electrons. The Balaban J connectivity index is 2.16. The van der Waals surface area contributed by atoms with E-state index in [1.54, 1.807) is 18.6 Å². The van der Waals surface area contributed by atoms with E-state index in [2.05, 4.69) is 31.9 Å². The van der Waals surface area contributed by atoms with E-state index in [-0.39, 0.29) is 6.04 Å². The molecule has 3 N–H and O–H groups in total. The van der Waals surface area contributed by atoms with Crippen molar-refractivity contribution >= 4 is 0 Å². The van der Waals surface area contributed by atoms with Crippen LogP contribution in [0, 0.1) is 0 Å². The van der Waals surface area contributed by atoms with E-state index in [9.17, 15) is 0 Å². The zero-order valence-electron chi connectivity index (χ0n) is 9.74. The molecule has 0 fully saturated rings. The number of nitrogens with zero attached hydrogens (tertiary/aromatic N) is 4. The van der Waals surface area contributed by atoms with Crippen LogP contribution in [0.3, 0.4) is 0 Å². The summed E-state index contributed by atoms with van der Waals surface area (Å²) in [5, 5.41) is 0. The quantitative estimate of drug-likeness (QED) is 0.577. The van der Waals surface area contributed by atoms with E-state index in [1.807, 2.05) is 6.20 Å². The maximum absolute atomic E-state index is 5.57. The van der Waals surface area contributed by atoms with E-state index in [0.717, 1.165) is 17.9 Å². The van der Waals surface area contributed by atoms with Crippen LogP contribution in [0.25, 0.3) is 0 Å². The second-order valence-corrected chi connectivity index (χ2v) is 3.72. The van der Waals surface area contributed by atoms with Gasteiger partial charge in [0.1, 0.15) is 12.2 Å². The van der Waals surface area contributed by atoms with Crippen LogP contribution >= 0.6 is 0 Å². The first kappa shape index (κ1) is 11.7. The summed E-state index contributed by atoms with van der Waals surface area (Å²) in [5.74, 6) is 6.57. The van der Waals surface area contributed by atoms with Gasteiger partial charge < -0.3 is 4.57 Å². The Kier molecular flexibility index (Phi) is 3.79. The average Bonchev–Trinajstić information content (AvgIpc) is 2.84. The minimum Gasteiger partial charge on any atom is -0.335 e. The third-order valence-corrected chi connectivity index (χ3v) is 2.71. The molecule has 2 heterocycles. The van der Waals surface area contributed by atoms with Crippen LogP contribution in [-0.4, -0.2) is 19.5 Å². The molecule has 1 unspecified atom stereocenters. The summed E-state index contributed by atoms with van der Waals surface area (Å²) in [5.41, 5.74) is 3.73. The molecular weight excluding hydrogens is 216 g/mol. The Bertz CT molecular complexity index is 452. The molecule has 0 aromatic carbocycles. The fourth-order valence-corrected chi connectivity index (χ4v) is 1.76. The minimum absolute atomic E-state index is 0.0242. The first-order valence-electron chi connectivity index (χ1n) is 5.56. The summed E-state index contributed by atoms with van der Waals surface area (Å²) in [6.45, 7) is 2.99. The molecule has 1 atom stereocenters. The van der Waals surface area contributed by atoms with Crippen LogP contribution in [0.15, 0.2) is 31.1 Å². The third-order valence-electron chi connectivity index (χ3n) is 2.71. The lowest BCUT2D eigenvalue weighted by Crippen LogP contribution is -2.30. The van der Waals surface area contributed by atoms with Crippen molar-refractivity contribution in [1.82, 2.24) is 24.9 Å². The van der Waals surface area contributed by atoms with E-state index < -0.39 is 0 Å². The van der Waals surface area contributed by atoms with Crippen molar-refractivity contribution in [3.63, 3.8) is 0 Å². The number of nitrogens with two attached hydrogens (primary N) is 1. The molecular formula is C11H16N6. The maximum atomic E-state index is 5.57. The number of rotatable bonds is 5. The number of hydrazine groups is 1. The second-order valence-electron chi connectivity index (χ2n) is 3.72. The molecule has 2 rings (SSSR count). The van der Waals surface area contributed by atoms with Crippen LogP contribution in [0.5, 0.6) is 0 Å². The number of hydrogen-bond acceptors (Lipinski definition) is 5. The van der Waals surface area contributed by atoms with Gasteiger partial charge in [0, 0.05) is 43.3 Å². The van der Waals surface area contributed by atoms with Crippen molar-refractivity contribution in [3.8, 4) is 0 Å². The van der Waals surface area contributed by atoms with E-state index in [0.29, 0.717) is 6.42 Å². The molecule has 0 aliphatic heterocycles. The van der Waals surface area contributed by atoms with Gasteiger partial charge in [0.05, 0.1) is 6.04 Å². The second kappa shape index (κ2) is 5.51. The summed E-state index contributed by atoms with van der Waals surface area (Å²) in [6, 6.07) is -0.0242. The molecule has 0 saturated carbocycles. The van der Waals surface area contributed by atoms with Gasteiger partial charge in [-0.25, -0.2) is 15.0 Å². The highest BCUT2D eigenvalue weighted by Crippen LogP contribution is 2.14. The third kappa shape index (κ3) is 2.66. The monoisotopic (exact) mass is 232 g/mol. The predicted octanol–water partition coefficient (Wildman–Crippen LogP) is 0.440. The lowest BCUT2D eigenvalue weighted by Gasteiger charge is -2.15. The largest absolute Gasteiger partial charge is 0.335 e. The van der Waals surface area contributed by atoms with Crippen molar-refractivity contribution < 1.29 is 0 Å². The lowest BCUT2D eigenvalue weighted by molar-refractivity contribution is 0.520.